The van der Waals surface area contributed by atoms with Crippen LogP contribution in [0.1, 0.15) is 46.5 Å². The number of amides is 1. The Kier molecular flexibility index (Phi) is 7.95. The van der Waals surface area contributed by atoms with Crippen molar-refractivity contribution in [3.63, 3.8) is 0 Å². The molecule has 4 heteroatoms. The minimum Gasteiger partial charge on any atom is -0.371 e. The Morgan fingerprint density at radius 3 is 2.30 bits per heavy atom. The second-order valence-corrected chi connectivity index (χ2v) is 6.20. The highest BCUT2D eigenvalue weighted by Gasteiger charge is 2.09. The molecule has 1 aromatic carbocycles. The van der Waals surface area contributed by atoms with Gasteiger partial charge in [0.05, 0.1) is 5.69 Å². The summed E-state index contributed by atoms with van der Waals surface area (Å²) in [7, 11) is 0. The largest absolute Gasteiger partial charge is 0.371 e. The van der Waals surface area contributed by atoms with Crippen molar-refractivity contribution < 1.29 is 4.79 Å². The molecule has 0 saturated carbocycles. The highest BCUT2D eigenvalue weighted by Crippen LogP contribution is 2.26. The zero-order valence-corrected chi connectivity index (χ0v) is 14.9. The van der Waals surface area contributed by atoms with Crippen molar-refractivity contribution >= 4 is 39.9 Å². The quantitative estimate of drug-likeness (QED) is 0.658. The summed E-state index contributed by atoms with van der Waals surface area (Å²) < 4.78 is 1.08. The number of halogens is 1. The normalized spacial score (nSPS) is 10.4. The number of carbonyl (C=O) groups excluding carboxylic acids is 1. The number of rotatable bonds is 8. The van der Waals surface area contributed by atoms with E-state index in [0.29, 0.717) is 0 Å². The number of benzene rings is 1. The van der Waals surface area contributed by atoms with E-state index in [2.05, 4.69) is 64.9 Å². The SMILES string of the molecule is CCCCN(CCCC)c1ccc(I)c(NC(C)=O)c1. The molecule has 0 aliphatic rings. The summed E-state index contributed by atoms with van der Waals surface area (Å²) in [5.41, 5.74) is 2.12. The van der Waals surface area contributed by atoms with Crippen LogP contribution in [0.2, 0.25) is 0 Å². The van der Waals surface area contributed by atoms with E-state index in [1.165, 1.54) is 31.4 Å². The fraction of sp³-hybridized carbons (Fsp3) is 0.562. The smallest absolute Gasteiger partial charge is 0.221 e. The van der Waals surface area contributed by atoms with Gasteiger partial charge in [0.15, 0.2) is 0 Å². The lowest BCUT2D eigenvalue weighted by Gasteiger charge is -2.25. The molecule has 0 saturated heterocycles. The number of hydrogen-bond acceptors (Lipinski definition) is 2. The first-order chi connectivity index (χ1) is 9.58. The maximum absolute atomic E-state index is 11.3. The molecule has 0 spiro atoms. The predicted molar refractivity (Wildman–Crippen MR) is 95.5 cm³/mol. The average molecular weight is 388 g/mol. The Balaban J connectivity index is 2.90. The standard InChI is InChI=1S/C16H25IN2O/c1-4-6-10-19(11-7-5-2)14-8-9-15(17)16(12-14)18-13(3)20/h8-9,12H,4-7,10-11H2,1-3H3,(H,18,20). The Morgan fingerprint density at radius 2 is 1.80 bits per heavy atom. The average Bonchev–Trinajstić information content (AvgIpc) is 2.41. The molecule has 0 aliphatic carbocycles. The van der Waals surface area contributed by atoms with Crippen molar-refractivity contribution in [2.45, 2.75) is 46.5 Å². The maximum Gasteiger partial charge on any atom is 0.221 e. The van der Waals surface area contributed by atoms with E-state index >= 15 is 0 Å². The van der Waals surface area contributed by atoms with E-state index in [4.69, 9.17) is 0 Å². The van der Waals surface area contributed by atoms with Crippen LogP contribution in [0, 0.1) is 3.57 Å². The van der Waals surface area contributed by atoms with Gasteiger partial charge in [0.1, 0.15) is 0 Å². The van der Waals surface area contributed by atoms with Crippen LogP contribution in [0.5, 0.6) is 0 Å². The molecule has 0 aliphatic heterocycles. The molecule has 3 nitrogen and oxygen atoms in total. The first-order valence-electron chi connectivity index (χ1n) is 7.40. The monoisotopic (exact) mass is 388 g/mol. The van der Waals surface area contributed by atoms with Gasteiger partial charge in [-0.1, -0.05) is 26.7 Å². The summed E-state index contributed by atoms with van der Waals surface area (Å²) in [4.78, 5) is 13.7. The lowest BCUT2D eigenvalue weighted by Crippen LogP contribution is -2.25. The Hall–Kier alpha value is -0.780. The van der Waals surface area contributed by atoms with Gasteiger partial charge in [-0.3, -0.25) is 4.79 Å². The minimum absolute atomic E-state index is 0.0197. The van der Waals surface area contributed by atoms with Crippen molar-refractivity contribution in [3.05, 3.63) is 21.8 Å². The number of unbranched alkanes of at least 4 members (excludes halogenated alkanes) is 2. The van der Waals surface area contributed by atoms with E-state index in [0.717, 1.165) is 22.3 Å². The predicted octanol–water partition coefficient (Wildman–Crippen LogP) is 4.66. The molecule has 0 unspecified atom stereocenters. The summed E-state index contributed by atoms with van der Waals surface area (Å²) in [6.07, 6.45) is 4.80. The lowest BCUT2D eigenvalue weighted by atomic mass is 10.2. The van der Waals surface area contributed by atoms with Crippen molar-refractivity contribution in [1.29, 1.82) is 0 Å². The van der Waals surface area contributed by atoms with Crippen LogP contribution in [0.25, 0.3) is 0 Å². The van der Waals surface area contributed by atoms with Gasteiger partial charge in [-0.15, -0.1) is 0 Å². The van der Waals surface area contributed by atoms with Crippen molar-refractivity contribution in [2.24, 2.45) is 0 Å². The van der Waals surface area contributed by atoms with Crippen LogP contribution in [0.15, 0.2) is 18.2 Å². The van der Waals surface area contributed by atoms with E-state index in [1.807, 2.05) is 0 Å². The number of hydrogen-bond donors (Lipinski definition) is 1. The Labute approximate surface area is 136 Å². The van der Waals surface area contributed by atoms with Crippen LogP contribution in [0.3, 0.4) is 0 Å². The molecule has 0 bridgehead atoms. The van der Waals surface area contributed by atoms with E-state index in [-0.39, 0.29) is 5.91 Å². The first-order valence-corrected chi connectivity index (χ1v) is 8.48. The van der Waals surface area contributed by atoms with E-state index < -0.39 is 0 Å². The maximum atomic E-state index is 11.3. The van der Waals surface area contributed by atoms with E-state index in [1.54, 1.807) is 6.92 Å². The lowest BCUT2D eigenvalue weighted by molar-refractivity contribution is -0.114. The summed E-state index contributed by atoms with van der Waals surface area (Å²) in [5.74, 6) is -0.0197. The molecule has 20 heavy (non-hydrogen) atoms. The molecule has 0 aromatic heterocycles. The molecule has 0 atom stereocenters. The second-order valence-electron chi connectivity index (χ2n) is 5.04. The topological polar surface area (TPSA) is 32.3 Å². The first kappa shape index (κ1) is 17.3. The fourth-order valence-electron chi connectivity index (χ4n) is 2.06. The van der Waals surface area contributed by atoms with Crippen LogP contribution in [-0.4, -0.2) is 19.0 Å². The van der Waals surface area contributed by atoms with Crippen molar-refractivity contribution in [1.82, 2.24) is 0 Å². The van der Waals surface area contributed by atoms with Gasteiger partial charge in [-0.2, -0.15) is 0 Å². The molecule has 0 radical (unpaired) electrons. The van der Waals surface area contributed by atoms with Gasteiger partial charge in [0, 0.05) is 29.3 Å². The molecular formula is C16H25IN2O. The van der Waals surface area contributed by atoms with E-state index in [9.17, 15) is 4.79 Å². The van der Waals surface area contributed by atoms with Crippen molar-refractivity contribution in [3.8, 4) is 0 Å². The zero-order valence-electron chi connectivity index (χ0n) is 12.7. The third-order valence-electron chi connectivity index (χ3n) is 3.19. The van der Waals surface area contributed by atoms with Crippen LogP contribution >= 0.6 is 22.6 Å². The second kappa shape index (κ2) is 9.21. The van der Waals surface area contributed by atoms with Crippen LogP contribution in [-0.2, 0) is 4.79 Å². The molecule has 1 N–H and O–H groups in total. The summed E-state index contributed by atoms with van der Waals surface area (Å²) >= 11 is 2.26. The summed E-state index contributed by atoms with van der Waals surface area (Å²) in [6, 6.07) is 6.32. The Morgan fingerprint density at radius 1 is 1.20 bits per heavy atom. The minimum atomic E-state index is -0.0197. The molecule has 0 heterocycles. The third kappa shape index (κ3) is 5.69. The summed E-state index contributed by atoms with van der Waals surface area (Å²) in [5, 5.41) is 2.91. The number of carbonyl (C=O) groups is 1. The van der Waals surface area contributed by atoms with Gasteiger partial charge >= 0.3 is 0 Å². The van der Waals surface area contributed by atoms with Gasteiger partial charge in [-0.25, -0.2) is 0 Å². The highest BCUT2D eigenvalue weighted by molar-refractivity contribution is 14.1. The molecule has 1 rings (SSSR count). The zero-order chi connectivity index (χ0) is 15.0. The molecule has 0 fully saturated rings. The van der Waals surface area contributed by atoms with Gasteiger partial charge in [-0.05, 0) is 53.6 Å². The number of nitrogens with one attached hydrogen (secondary N) is 1. The van der Waals surface area contributed by atoms with Gasteiger partial charge in [0.2, 0.25) is 5.91 Å². The molecule has 1 amide bonds. The molecular weight excluding hydrogens is 363 g/mol. The third-order valence-corrected chi connectivity index (χ3v) is 4.13. The molecule has 1 aromatic rings. The van der Waals surface area contributed by atoms with Crippen molar-refractivity contribution in [2.75, 3.05) is 23.3 Å². The number of anilines is 2. The highest BCUT2D eigenvalue weighted by atomic mass is 127. The van der Waals surface area contributed by atoms with Gasteiger partial charge < -0.3 is 10.2 Å². The number of nitrogens with zero attached hydrogens (tertiary/aromatic N) is 1. The summed E-state index contributed by atoms with van der Waals surface area (Å²) in [6.45, 7) is 8.14. The van der Waals surface area contributed by atoms with Gasteiger partial charge in [0.25, 0.3) is 0 Å². The van der Waals surface area contributed by atoms with Crippen LogP contribution in [0.4, 0.5) is 11.4 Å². The molecule has 112 valence electrons. The Bertz CT molecular complexity index is 426. The van der Waals surface area contributed by atoms with Crippen LogP contribution < -0.4 is 10.2 Å². The fourth-order valence-corrected chi connectivity index (χ4v) is 2.53.